The van der Waals surface area contributed by atoms with Crippen LogP contribution in [-0.2, 0) is 9.53 Å². The van der Waals surface area contributed by atoms with Gasteiger partial charge in [-0.3, -0.25) is 4.79 Å². The lowest BCUT2D eigenvalue weighted by Crippen LogP contribution is -2.27. The van der Waals surface area contributed by atoms with Crippen LogP contribution in [0.25, 0.3) is 0 Å². The van der Waals surface area contributed by atoms with E-state index in [0.717, 1.165) is 0 Å². The number of methoxy groups -OCH3 is 1. The van der Waals surface area contributed by atoms with E-state index in [1.54, 1.807) is 19.0 Å². The molecule has 0 aliphatic heterocycles. The highest BCUT2D eigenvalue weighted by Gasteiger charge is 2.10. The molecule has 0 spiro atoms. The van der Waals surface area contributed by atoms with Crippen molar-refractivity contribution in [3.8, 4) is 0 Å². The predicted octanol–water partition coefficient (Wildman–Crippen LogP) is -0.164. The van der Waals surface area contributed by atoms with Gasteiger partial charge in [0.25, 0.3) is 0 Å². The van der Waals surface area contributed by atoms with Crippen molar-refractivity contribution in [2.75, 3.05) is 32.6 Å². The molecule has 1 heterocycles. The largest absolute Gasteiger partial charge is 0.464 e. The van der Waals surface area contributed by atoms with Crippen LogP contribution in [0.4, 0.5) is 5.82 Å². The Kier molecular flexibility index (Phi) is 5.04. The molecule has 1 aromatic heterocycles. The monoisotopic (exact) mass is 252 g/mol. The SMILES string of the molecule is CNC(=O)CCN(C)c1cnc(C(=O)OC)cn1. The molecule has 18 heavy (non-hydrogen) atoms. The molecule has 1 amide bonds. The minimum absolute atomic E-state index is 0.0407. The molecule has 0 fully saturated rings. The minimum atomic E-state index is -0.526. The zero-order chi connectivity index (χ0) is 13.5. The van der Waals surface area contributed by atoms with Crippen molar-refractivity contribution < 1.29 is 14.3 Å². The number of carbonyl (C=O) groups is 2. The predicted molar refractivity (Wildman–Crippen MR) is 65.3 cm³/mol. The first-order valence-corrected chi connectivity index (χ1v) is 5.40. The van der Waals surface area contributed by atoms with Gasteiger partial charge in [0, 0.05) is 27.1 Å². The lowest BCUT2D eigenvalue weighted by atomic mass is 10.3. The Morgan fingerprint density at radius 1 is 1.39 bits per heavy atom. The fraction of sp³-hybridized carbons (Fsp3) is 0.455. The zero-order valence-electron chi connectivity index (χ0n) is 10.6. The number of rotatable bonds is 5. The van der Waals surface area contributed by atoms with Gasteiger partial charge in [-0.15, -0.1) is 0 Å². The van der Waals surface area contributed by atoms with Gasteiger partial charge in [-0.05, 0) is 0 Å². The number of esters is 1. The van der Waals surface area contributed by atoms with Gasteiger partial charge in [-0.2, -0.15) is 0 Å². The van der Waals surface area contributed by atoms with E-state index in [1.807, 2.05) is 0 Å². The molecule has 0 unspecified atom stereocenters. The third kappa shape index (κ3) is 3.69. The number of hydrogen-bond donors (Lipinski definition) is 1. The topological polar surface area (TPSA) is 84.4 Å². The van der Waals surface area contributed by atoms with Gasteiger partial charge < -0.3 is 15.0 Å². The van der Waals surface area contributed by atoms with E-state index in [1.165, 1.54) is 19.5 Å². The molecule has 1 rings (SSSR count). The van der Waals surface area contributed by atoms with Crippen molar-refractivity contribution >= 4 is 17.7 Å². The van der Waals surface area contributed by atoms with Gasteiger partial charge >= 0.3 is 5.97 Å². The zero-order valence-corrected chi connectivity index (χ0v) is 10.6. The average Bonchev–Trinajstić information content (AvgIpc) is 2.43. The first kappa shape index (κ1) is 13.9. The van der Waals surface area contributed by atoms with Crippen LogP contribution < -0.4 is 10.2 Å². The Morgan fingerprint density at radius 2 is 2.11 bits per heavy atom. The summed E-state index contributed by atoms with van der Waals surface area (Å²) in [6.07, 6.45) is 3.18. The fourth-order valence-corrected chi connectivity index (χ4v) is 1.24. The van der Waals surface area contributed by atoms with Crippen LogP contribution in [0, 0.1) is 0 Å². The van der Waals surface area contributed by atoms with Gasteiger partial charge in [-0.25, -0.2) is 14.8 Å². The molecule has 0 saturated heterocycles. The van der Waals surface area contributed by atoms with Gasteiger partial charge in [-0.1, -0.05) is 0 Å². The highest BCUT2D eigenvalue weighted by molar-refractivity contribution is 5.86. The van der Waals surface area contributed by atoms with Crippen LogP contribution in [-0.4, -0.2) is 49.6 Å². The van der Waals surface area contributed by atoms with E-state index in [9.17, 15) is 9.59 Å². The molecule has 0 aromatic carbocycles. The number of ether oxygens (including phenoxy) is 1. The smallest absolute Gasteiger partial charge is 0.358 e. The molecule has 0 radical (unpaired) electrons. The third-order valence-corrected chi connectivity index (χ3v) is 2.38. The highest BCUT2D eigenvalue weighted by Crippen LogP contribution is 2.07. The van der Waals surface area contributed by atoms with Gasteiger partial charge in [0.2, 0.25) is 5.91 Å². The van der Waals surface area contributed by atoms with Crippen molar-refractivity contribution in [1.29, 1.82) is 0 Å². The second kappa shape index (κ2) is 6.53. The lowest BCUT2D eigenvalue weighted by Gasteiger charge is -2.16. The number of aromatic nitrogens is 2. The summed E-state index contributed by atoms with van der Waals surface area (Å²) >= 11 is 0. The summed E-state index contributed by atoms with van der Waals surface area (Å²) in [5.74, 6) is 0.0228. The molecule has 0 bridgehead atoms. The maximum Gasteiger partial charge on any atom is 0.358 e. The molecular formula is C11H16N4O3. The van der Waals surface area contributed by atoms with Crippen LogP contribution >= 0.6 is 0 Å². The number of carbonyl (C=O) groups excluding carboxylic acids is 2. The Labute approximate surface area is 105 Å². The van der Waals surface area contributed by atoms with E-state index in [4.69, 9.17) is 0 Å². The molecule has 1 N–H and O–H groups in total. The summed E-state index contributed by atoms with van der Waals surface area (Å²) in [6.45, 7) is 0.520. The number of hydrogen-bond acceptors (Lipinski definition) is 6. The third-order valence-electron chi connectivity index (χ3n) is 2.38. The highest BCUT2D eigenvalue weighted by atomic mass is 16.5. The molecule has 0 aliphatic carbocycles. The van der Waals surface area contributed by atoms with E-state index >= 15 is 0 Å². The van der Waals surface area contributed by atoms with E-state index in [0.29, 0.717) is 18.8 Å². The first-order valence-electron chi connectivity index (χ1n) is 5.40. The maximum absolute atomic E-state index is 11.2. The van der Waals surface area contributed by atoms with Crippen LogP contribution in [0.3, 0.4) is 0 Å². The Balaban J connectivity index is 2.61. The summed E-state index contributed by atoms with van der Waals surface area (Å²) in [7, 11) is 4.67. The molecule has 7 heteroatoms. The maximum atomic E-state index is 11.2. The van der Waals surface area contributed by atoms with Crippen molar-refractivity contribution in [1.82, 2.24) is 15.3 Å². The van der Waals surface area contributed by atoms with Crippen LogP contribution in [0.1, 0.15) is 16.9 Å². The molecule has 1 aromatic rings. The standard InChI is InChI=1S/C11H16N4O3/c1-12-10(16)4-5-15(2)9-7-13-8(6-14-9)11(17)18-3/h6-7H,4-5H2,1-3H3,(H,12,16). The molecule has 0 atom stereocenters. The summed E-state index contributed by atoms with van der Waals surface area (Å²) in [5, 5.41) is 2.54. The Hall–Kier alpha value is -2.18. The molecular weight excluding hydrogens is 236 g/mol. The van der Waals surface area contributed by atoms with Crippen LogP contribution in [0.5, 0.6) is 0 Å². The second-order valence-corrected chi connectivity index (χ2v) is 3.60. The van der Waals surface area contributed by atoms with Gasteiger partial charge in [0.1, 0.15) is 5.82 Å². The quantitative estimate of drug-likeness (QED) is 0.733. The van der Waals surface area contributed by atoms with E-state index < -0.39 is 5.97 Å². The second-order valence-electron chi connectivity index (χ2n) is 3.60. The summed E-state index contributed by atoms with van der Waals surface area (Å²) in [5.41, 5.74) is 0.154. The van der Waals surface area contributed by atoms with Crippen molar-refractivity contribution in [2.45, 2.75) is 6.42 Å². The van der Waals surface area contributed by atoms with Crippen molar-refractivity contribution in [3.63, 3.8) is 0 Å². The molecule has 0 saturated carbocycles. The Bertz CT molecular complexity index is 419. The van der Waals surface area contributed by atoms with Gasteiger partial charge in [0.05, 0.1) is 19.5 Å². The first-order chi connectivity index (χ1) is 8.58. The number of nitrogens with zero attached hydrogens (tertiary/aromatic N) is 3. The van der Waals surface area contributed by atoms with E-state index in [-0.39, 0.29) is 11.6 Å². The molecule has 0 aliphatic rings. The summed E-state index contributed by atoms with van der Waals surface area (Å²) in [4.78, 5) is 32.1. The number of amides is 1. The normalized spacial score (nSPS) is 9.72. The van der Waals surface area contributed by atoms with Crippen LogP contribution in [0.2, 0.25) is 0 Å². The van der Waals surface area contributed by atoms with E-state index in [2.05, 4.69) is 20.0 Å². The van der Waals surface area contributed by atoms with Gasteiger partial charge in [0.15, 0.2) is 5.69 Å². The minimum Gasteiger partial charge on any atom is -0.464 e. The number of anilines is 1. The molecule has 98 valence electrons. The number of nitrogens with one attached hydrogen (secondary N) is 1. The summed E-state index contributed by atoms with van der Waals surface area (Å²) < 4.78 is 4.52. The van der Waals surface area contributed by atoms with Crippen molar-refractivity contribution in [2.24, 2.45) is 0 Å². The lowest BCUT2D eigenvalue weighted by molar-refractivity contribution is -0.120. The van der Waals surface area contributed by atoms with Crippen LogP contribution in [0.15, 0.2) is 12.4 Å². The summed E-state index contributed by atoms with van der Waals surface area (Å²) in [6, 6.07) is 0. The average molecular weight is 252 g/mol. The Morgan fingerprint density at radius 3 is 2.61 bits per heavy atom. The molecule has 7 nitrogen and oxygen atoms in total. The fourth-order valence-electron chi connectivity index (χ4n) is 1.24. The van der Waals surface area contributed by atoms with Crippen molar-refractivity contribution in [3.05, 3.63) is 18.1 Å².